The largest absolute Gasteiger partial charge is 0.466 e. The molecule has 0 fully saturated rings. The van der Waals surface area contributed by atoms with Crippen molar-refractivity contribution in [1.29, 1.82) is 0 Å². The lowest BCUT2D eigenvalue weighted by Gasteiger charge is -2.14. The van der Waals surface area contributed by atoms with Crippen LogP contribution in [0.3, 0.4) is 0 Å². The topological polar surface area (TPSA) is 12.5 Å². The zero-order valence-corrected chi connectivity index (χ0v) is 10.5. The Balaban J connectivity index is 2.76. The van der Waals surface area contributed by atoms with E-state index in [1.807, 2.05) is 6.08 Å². The third-order valence-electron chi connectivity index (χ3n) is 2.57. The van der Waals surface area contributed by atoms with E-state index >= 15 is 0 Å². The van der Waals surface area contributed by atoms with Gasteiger partial charge in [0.15, 0.2) is 0 Å². The second-order valence-electron chi connectivity index (χ2n) is 4.20. The first-order valence-corrected chi connectivity index (χ1v) is 5.68. The molecule has 0 N–H and O–H groups in total. The second-order valence-corrected chi connectivity index (χ2v) is 4.20. The number of hydrogen-bond acceptors (Lipinski definition) is 2. The lowest BCUT2D eigenvalue weighted by Crippen LogP contribution is -2.19. The molecule has 16 heavy (non-hydrogen) atoms. The molecule has 0 aromatic carbocycles. The summed E-state index contributed by atoms with van der Waals surface area (Å²) in [4.78, 5) is 2.27. The minimum absolute atomic E-state index is 0.686. The molecule has 1 aliphatic heterocycles. The molecule has 2 heteroatoms. The van der Waals surface area contributed by atoms with Crippen LogP contribution >= 0.6 is 0 Å². The van der Waals surface area contributed by atoms with E-state index in [4.69, 9.17) is 4.74 Å². The highest BCUT2D eigenvalue weighted by molar-refractivity contribution is 5.28. The number of hydrogen-bond donors (Lipinski definition) is 0. The van der Waals surface area contributed by atoms with Gasteiger partial charge in [-0.2, -0.15) is 0 Å². The van der Waals surface area contributed by atoms with Crippen molar-refractivity contribution in [3.8, 4) is 0 Å². The fourth-order valence-corrected chi connectivity index (χ4v) is 1.36. The Morgan fingerprint density at radius 1 is 1.44 bits per heavy atom. The molecular weight excluding hydrogens is 198 g/mol. The van der Waals surface area contributed by atoms with Crippen LogP contribution < -0.4 is 0 Å². The van der Waals surface area contributed by atoms with Crippen molar-refractivity contribution in [2.24, 2.45) is 0 Å². The maximum Gasteiger partial charge on any atom is 0.119 e. The normalized spacial score (nSPS) is 25.6. The molecule has 0 saturated carbocycles. The van der Waals surface area contributed by atoms with Crippen molar-refractivity contribution in [1.82, 2.24) is 4.90 Å². The number of nitrogens with zero attached hydrogens (tertiary/aromatic N) is 1. The van der Waals surface area contributed by atoms with Gasteiger partial charge in [0.2, 0.25) is 0 Å². The van der Waals surface area contributed by atoms with E-state index in [0.717, 1.165) is 19.5 Å². The highest BCUT2D eigenvalue weighted by Gasteiger charge is 2.01. The summed E-state index contributed by atoms with van der Waals surface area (Å²) in [6, 6.07) is 0. The fraction of sp³-hybridized carbons (Fsp3) is 0.429. The van der Waals surface area contributed by atoms with Gasteiger partial charge in [-0.15, -0.1) is 0 Å². The van der Waals surface area contributed by atoms with Crippen LogP contribution in [-0.2, 0) is 4.74 Å². The summed E-state index contributed by atoms with van der Waals surface area (Å²) in [5.41, 5.74) is 2.52. The van der Waals surface area contributed by atoms with E-state index in [1.165, 1.54) is 11.1 Å². The lowest BCUT2D eigenvalue weighted by atomic mass is 10.1. The van der Waals surface area contributed by atoms with Crippen LogP contribution in [0.4, 0.5) is 0 Å². The SMILES string of the molecule is C=C1/C=C\C(CN(C)CC)=C/C/C(C)=C/O1. The first kappa shape index (κ1) is 12.8. The van der Waals surface area contributed by atoms with Crippen LogP contribution in [-0.4, -0.2) is 25.0 Å². The first-order valence-electron chi connectivity index (χ1n) is 5.68. The van der Waals surface area contributed by atoms with E-state index < -0.39 is 0 Å². The smallest absolute Gasteiger partial charge is 0.119 e. The summed E-state index contributed by atoms with van der Waals surface area (Å²) in [6.45, 7) is 10.1. The Morgan fingerprint density at radius 2 is 2.19 bits per heavy atom. The van der Waals surface area contributed by atoms with E-state index in [1.54, 1.807) is 6.26 Å². The van der Waals surface area contributed by atoms with Crippen LogP contribution in [0.2, 0.25) is 0 Å². The number of rotatable bonds is 3. The van der Waals surface area contributed by atoms with Crippen LogP contribution in [0.15, 0.2) is 48.0 Å². The molecule has 0 aromatic heterocycles. The molecule has 0 atom stereocenters. The van der Waals surface area contributed by atoms with Gasteiger partial charge < -0.3 is 9.64 Å². The van der Waals surface area contributed by atoms with E-state index in [9.17, 15) is 0 Å². The molecule has 0 radical (unpaired) electrons. The Kier molecular flexibility index (Phi) is 5.06. The van der Waals surface area contributed by atoms with E-state index in [0.29, 0.717) is 5.76 Å². The van der Waals surface area contributed by atoms with Gasteiger partial charge in [-0.05, 0) is 44.2 Å². The summed E-state index contributed by atoms with van der Waals surface area (Å²) in [5.74, 6) is 0.686. The van der Waals surface area contributed by atoms with Crippen LogP contribution in [0.5, 0.6) is 0 Å². The maximum absolute atomic E-state index is 5.36. The molecule has 1 heterocycles. The highest BCUT2D eigenvalue weighted by atomic mass is 16.5. The average Bonchev–Trinajstić information content (AvgIpc) is 2.35. The molecule has 0 aliphatic carbocycles. The molecular formula is C14H21NO. The third kappa shape index (κ3) is 4.49. The fourth-order valence-electron chi connectivity index (χ4n) is 1.36. The van der Waals surface area contributed by atoms with Gasteiger partial charge in [0.1, 0.15) is 5.76 Å². The van der Waals surface area contributed by atoms with Crippen molar-refractivity contribution in [3.05, 3.63) is 48.0 Å². The second kappa shape index (κ2) is 6.33. The van der Waals surface area contributed by atoms with Crippen molar-refractivity contribution >= 4 is 0 Å². The van der Waals surface area contributed by atoms with Crippen molar-refractivity contribution in [2.75, 3.05) is 20.1 Å². The summed E-state index contributed by atoms with van der Waals surface area (Å²) in [6.07, 6.45) is 8.96. The summed E-state index contributed by atoms with van der Waals surface area (Å²) in [5, 5.41) is 0. The Labute approximate surface area is 98.6 Å². The van der Waals surface area contributed by atoms with Crippen molar-refractivity contribution < 1.29 is 4.74 Å². The molecule has 0 unspecified atom stereocenters. The Morgan fingerprint density at radius 3 is 2.88 bits per heavy atom. The van der Waals surface area contributed by atoms with E-state index in [-0.39, 0.29) is 0 Å². The van der Waals surface area contributed by atoms with Crippen molar-refractivity contribution in [2.45, 2.75) is 20.3 Å². The number of likely N-dealkylation sites (N-methyl/N-ethyl adjacent to an activating group) is 1. The van der Waals surface area contributed by atoms with Crippen molar-refractivity contribution in [3.63, 3.8) is 0 Å². The monoisotopic (exact) mass is 219 g/mol. The zero-order valence-electron chi connectivity index (χ0n) is 10.5. The van der Waals surface area contributed by atoms with E-state index in [2.05, 4.69) is 44.5 Å². The van der Waals surface area contributed by atoms with Gasteiger partial charge in [-0.25, -0.2) is 0 Å². The molecule has 0 bridgehead atoms. The molecule has 1 aliphatic rings. The molecule has 0 aromatic rings. The standard InChI is InChI=1S/C14H21NO/c1-5-15(4)10-14-8-6-12(2)11-16-13(3)7-9-14/h7-9,11H,3,5-6,10H2,1-2,4H3/b9-7-,12-11+,14-8+. The summed E-state index contributed by atoms with van der Waals surface area (Å²) < 4.78 is 5.36. The quantitative estimate of drug-likeness (QED) is 0.722. The van der Waals surface area contributed by atoms with Gasteiger partial charge in [0, 0.05) is 6.54 Å². The molecule has 0 saturated heterocycles. The van der Waals surface area contributed by atoms with Gasteiger partial charge in [-0.3, -0.25) is 0 Å². The Bertz CT molecular complexity index is 337. The minimum Gasteiger partial charge on any atom is -0.466 e. The molecule has 0 amide bonds. The van der Waals surface area contributed by atoms with Gasteiger partial charge in [0.25, 0.3) is 0 Å². The molecule has 2 nitrogen and oxygen atoms in total. The maximum atomic E-state index is 5.36. The average molecular weight is 219 g/mol. The van der Waals surface area contributed by atoms with Crippen LogP contribution in [0.25, 0.3) is 0 Å². The highest BCUT2D eigenvalue weighted by Crippen LogP contribution is 2.12. The third-order valence-corrected chi connectivity index (χ3v) is 2.57. The van der Waals surface area contributed by atoms with Gasteiger partial charge >= 0.3 is 0 Å². The summed E-state index contributed by atoms with van der Waals surface area (Å²) in [7, 11) is 2.12. The van der Waals surface area contributed by atoms with Gasteiger partial charge in [0.05, 0.1) is 6.26 Å². The molecule has 1 rings (SSSR count). The number of allylic oxidation sites excluding steroid dienone is 3. The van der Waals surface area contributed by atoms with Crippen LogP contribution in [0, 0.1) is 0 Å². The number of ether oxygens (including phenoxy) is 1. The minimum atomic E-state index is 0.686. The molecule has 0 spiro atoms. The molecule has 88 valence electrons. The lowest BCUT2D eigenvalue weighted by molar-refractivity contribution is 0.365. The van der Waals surface area contributed by atoms with Gasteiger partial charge in [-0.1, -0.05) is 25.7 Å². The Hall–Kier alpha value is -1.28. The summed E-state index contributed by atoms with van der Waals surface area (Å²) >= 11 is 0. The predicted octanol–water partition coefficient (Wildman–Crippen LogP) is 3.26. The zero-order chi connectivity index (χ0) is 12.0. The first-order chi connectivity index (χ1) is 7.61. The van der Waals surface area contributed by atoms with Crippen LogP contribution in [0.1, 0.15) is 20.3 Å². The predicted molar refractivity (Wildman–Crippen MR) is 69.0 cm³/mol.